The molecule has 0 saturated heterocycles. The maximum Gasteiger partial charge on any atom is 0.319 e. The van der Waals surface area contributed by atoms with Gasteiger partial charge < -0.3 is 10.1 Å². The van der Waals surface area contributed by atoms with Gasteiger partial charge in [0.25, 0.3) is 0 Å². The van der Waals surface area contributed by atoms with E-state index in [1.165, 1.54) is 0 Å². The lowest BCUT2D eigenvalue weighted by molar-refractivity contribution is -0.142. The van der Waals surface area contributed by atoms with Gasteiger partial charge in [-0.15, -0.1) is 0 Å². The summed E-state index contributed by atoms with van der Waals surface area (Å²) in [4.78, 5) is 24.0. The van der Waals surface area contributed by atoms with Crippen LogP contribution in [-0.4, -0.2) is 38.6 Å². The third-order valence-corrected chi connectivity index (χ3v) is 2.51. The number of carbonyl (C=O) groups is 1. The molecule has 106 valence electrons. The first kappa shape index (κ1) is 14.1. The molecule has 0 aromatic carbocycles. The van der Waals surface area contributed by atoms with Crippen molar-refractivity contribution >= 4 is 5.97 Å². The molecule has 0 amide bonds. The first-order valence-corrected chi connectivity index (χ1v) is 6.38. The van der Waals surface area contributed by atoms with Crippen LogP contribution in [0.1, 0.15) is 18.3 Å². The van der Waals surface area contributed by atoms with Crippen molar-refractivity contribution in [3.63, 3.8) is 0 Å². The Labute approximate surface area is 117 Å². The smallest absolute Gasteiger partial charge is 0.319 e. The second-order valence-corrected chi connectivity index (χ2v) is 4.18. The predicted molar refractivity (Wildman–Crippen MR) is 72.2 cm³/mol. The highest BCUT2D eigenvalue weighted by Crippen LogP contribution is 2.05. The second kappa shape index (κ2) is 6.76. The Bertz CT molecular complexity index is 568. The molecule has 2 aromatic rings. The van der Waals surface area contributed by atoms with Crippen molar-refractivity contribution in [1.29, 1.82) is 0 Å². The molecule has 7 heteroatoms. The van der Waals surface area contributed by atoms with E-state index in [0.717, 1.165) is 11.4 Å². The summed E-state index contributed by atoms with van der Waals surface area (Å²) >= 11 is 0. The summed E-state index contributed by atoms with van der Waals surface area (Å²) in [7, 11) is 0. The summed E-state index contributed by atoms with van der Waals surface area (Å²) in [5, 5.41) is 3.00. The second-order valence-electron chi connectivity index (χ2n) is 4.18. The fourth-order valence-electron chi connectivity index (χ4n) is 1.70. The first-order chi connectivity index (χ1) is 9.69. The van der Waals surface area contributed by atoms with E-state index < -0.39 is 0 Å². The SMILES string of the molecule is CCOC(=O)CNCc1cc(C)nc(-n2ccnc2)n1. The van der Waals surface area contributed by atoms with Gasteiger partial charge in [-0.1, -0.05) is 0 Å². The molecule has 2 aromatic heterocycles. The van der Waals surface area contributed by atoms with Crippen LogP contribution >= 0.6 is 0 Å². The molecule has 0 radical (unpaired) electrons. The summed E-state index contributed by atoms with van der Waals surface area (Å²) in [5.74, 6) is 0.295. The molecule has 0 bridgehead atoms. The number of esters is 1. The van der Waals surface area contributed by atoms with Crippen molar-refractivity contribution in [2.45, 2.75) is 20.4 Å². The fraction of sp³-hybridized carbons (Fsp3) is 0.385. The van der Waals surface area contributed by atoms with Gasteiger partial charge in [0.2, 0.25) is 5.95 Å². The highest BCUT2D eigenvalue weighted by molar-refractivity contribution is 5.71. The van der Waals surface area contributed by atoms with Gasteiger partial charge in [-0.25, -0.2) is 15.0 Å². The number of hydrogen-bond donors (Lipinski definition) is 1. The zero-order chi connectivity index (χ0) is 14.4. The third-order valence-electron chi connectivity index (χ3n) is 2.51. The molecule has 0 aliphatic heterocycles. The van der Waals surface area contributed by atoms with Crippen molar-refractivity contribution in [3.8, 4) is 5.95 Å². The molecule has 2 rings (SSSR count). The number of nitrogens with one attached hydrogen (secondary N) is 1. The van der Waals surface area contributed by atoms with Crippen molar-refractivity contribution < 1.29 is 9.53 Å². The topological polar surface area (TPSA) is 81.9 Å². The predicted octanol–water partition coefficient (Wildman–Crippen LogP) is 0.623. The van der Waals surface area contributed by atoms with Gasteiger partial charge in [-0.3, -0.25) is 9.36 Å². The van der Waals surface area contributed by atoms with Gasteiger partial charge in [0, 0.05) is 24.6 Å². The number of rotatable bonds is 6. The molecule has 0 spiro atoms. The molecule has 0 fully saturated rings. The molecule has 2 heterocycles. The Hall–Kier alpha value is -2.28. The summed E-state index contributed by atoms with van der Waals surface area (Å²) < 4.78 is 6.58. The Morgan fingerprint density at radius 2 is 2.30 bits per heavy atom. The van der Waals surface area contributed by atoms with Crippen LogP contribution in [0.5, 0.6) is 0 Å². The molecule has 0 saturated carbocycles. The Kier molecular flexibility index (Phi) is 4.78. The van der Waals surface area contributed by atoms with Gasteiger partial charge in [-0.2, -0.15) is 0 Å². The molecule has 0 aliphatic carbocycles. The highest BCUT2D eigenvalue weighted by atomic mass is 16.5. The van der Waals surface area contributed by atoms with Gasteiger partial charge in [0.15, 0.2) is 0 Å². The van der Waals surface area contributed by atoms with Crippen LogP contribution in [0.3, 0.4) is 0 Å². The lowest BCUT2D eigenvalue weighted by Crippen LogP contribution is -2.25. The maximum atomic E-state index is 11.2. The average Bonchev–Trinajstić information content (AvgIpc) is 2.92. The summed E-state index contributed by atoms with van der Waals surface area (Å²) in [6.07, 6.45) is 5.10. The third kappa shape index (κ3) is 3.86. The van der Waals surface area contributed by atoms with Crippen LogP contribution in [0.2, 0.25) is 0 Å². The zero-order valence-electron chi connectivity index (χ0n) is 11.5. The largest absolute Gasteiger partial charge is 0.465 e. The van der Waals surface area contributed by atoms with Gasteiger partial charge in [0.1, 0.15) is 6.33 Å². The van der Waals surface area contributed by atoms with E-state index in [9.17, 15) is 4.79 Å². The monoisotopic (exact) mass is 275 g/mol. The Morgan fingerprint density at radius 1 is 1.45 bits per heavy atom. The van der Waals surface area contributed by atoms with Gasteiger partial charge in [0.05, 0.1) is 18.8 Å². The van der Waals surface area contributed by atoms with Crippen LogP contribution in [0.15, 0.2) is 24.8 Å². The minimum Gasteiger partial charge on any atom is -0.465 e. The van der Waals surface area contributed by atoms with E-state index in [4.69, 9.17) is 4.74 Å². The van der Waals surface area contributed by atoms with E-state index in [1.54, 1.807) is 30.2 Å². The van der Waals surface area contributed by atoms with E-state index >= 15 is 0 Å². The number of aromatic nitrogens is 4. The standard InChI is InChI=1S/C13H17N5O2/c1-3-20-12(19)8-15-7-11-6-10(2)16-13(17-11)18-5-4-14-9-18/h4-6,9,15H,3,7-8H2,1-2H3. The molecular weight excluding hydrogens is 258 g/mol. The molecule has 7 nitrogen and oxygen atoms in total. The van der Waals surface area contributed by atoms with Crippen LogP contribution in [0, 0.1) is 6.92 Å². The van der Waals surface area contributed by atoms with Crippen molar-refractivity contribution in [2.75, 3.05) is 13.2 Å². The van der Waals surface area contributed by atoms with Crippen LogP contribution in [0.25, 0.3) is 5.95 Å². The first-order valence-electron chi connectivity index (χ1n) is 6.38. The van der Waals surface area contributed by atoms with Gasteiger partial charge >= 0.3 is 5.97 Å². The van der Waals surface area contributed by atoms with E-state index in [-0.39, 0.29) is 12.5 Å². The normalized spacial score (nSPS) is 10.5. The lowest BCUT2D eigenvalue weighted by Gasteiger charge is -2.07. The minimum atomic E-state index is -0.270. The van der Waals surface area contributed by atoms with E-state index in [2.05, 4.69) is 20.3 Å². The summed E-state index contributed by atoms with van der Waals surface area (Å²) in [6, 6.07) is 1.87. The van der Waals surface area contributed by atoms with Crippen LogP contribution in [0.4, 0.5) is 0 Å². The average molecular weight is 275 g/mol. The van der Waals surface area contributed by atoms with E-state index in [1.807, 2.05) is 13.0 Å². The molecule has 0 unspecified atom stereocenters. The van der Waals surface area contributed by atoms with Crippen LogP contribution < -0.4 is 5.32 Å². The molecule has 0 aliphatic rings. The number of carbonyl (C=O) groups excluding carboxylic acids is 1. The van der Waals surface area contributed by atoms with Crippen LogP contribution in [-0.2, 0) is 16.1 Å². The van der Waals surface area contributed by atoms with Crippen molar-refractivity contribution in [3.05, 3.63) is 36.2 Å². The number of ether oxygens (including phenoxy) is 1. The molecular formula is C13H17N5O2. The van der Waals surface area contributed by atoms with Gasteiger partial charge in [-0.05, 0) is 19.9 Å². The molecule has 0 atom stereocenters. The Morgan fingerprint density at radius 3 is 3.00 bits per heavy atom. The Balaban J connectivity index is 2.00. The number of imidazole rings is 1. The lowest BCUT2D eigenvalue weighted by atomic mass is 10.3. The quantitative estimate of drug-likeness (QED) is 0.778. The fourth-order valence-corrected chi connectivity index (χ4v) is 1.70. The van der Waals surface area contributed by atoms with E-state index in [0.29, 0.717) is 19.1 Å². The number of hydrogen-bond acceptors (Lipinski definition) is 6. The minimum absolute atomic E-state index is 0.164. The van der Waals surface area contributed by atoms with Crippen molar-refractivity contribution in [1.82, 2.24) is 24.8 Å². The summed E-state index contributed by atoms with van der Waals surface area (Å²) in [6.45, 7) is 4.71. The number of nitrogens with zero attached hydrogens (tertiary/aromatic N) is 4. The number of aryl methyl sites for hydroxylation is 1. The maximum absolute atomic E-state index is 11.2. The molecule has 1 N–H and O–H groups in total. The zero-order valence-corrected chi connectivity index (χ0v) is 11.5. The highest BCUT2D eigenvalue weighted by Gasteiger charge is 2.05. The van der Waals surface area contributed by atoms with Crippen molar-refractivity contribution in [2.24, 2.45) is 0 Å². The summed E-state index contributed by atoms with van der Waals surface area (Å²) in [5.41, 5.74) is 1.67. The molecule has 20 heavy (non-hydrogen) atoms.